The van der Waals surface area contributed by atoms with Gasteiger partial charge in [-0.1, -0.05) is 15.9 Å². The Kier molecular flexibility index (Phi) is 5.00. The van der Waals surface area contributed by atoms with Crippen LogP contribution in [0.5, 0.6) is 0 Å². The summed E-state index contributed by atoms with van der Waals surface area (Å²) in [7, 11) is 0. The van der Waals surface area contributed by atoms with Crippen molar-refractivity contribution in [1.82, 2.24) is 5.32 Å². The summed E-state index contributed by atoms with van der Waals surface area (Å²) in [6.45, 7) is -0.429. The lowest BCUT2D eigenvalue weighted by Gasteiger charge is -2.09. The van der Waals surface area contributed by atoms with Gasteiger partial charge < -0.3 is 5.32 Å². The summed E-state index contributed by atoms with van der Waals surface area (Å²) in [4.78, 5) is 11.6. The van der Waals surface area contributed by atoms with Gasteiger partial charge in [-0.2, -0.15) is 13.2 Å². The van der Waals surface area contributed by atoms with Gasteiger partial charge in [0.05, 0.1) is 12.0 Å². The summed E-state index contributed by atoms with van der Waals surface area (Å²) >= 11 is 6.34. The Morgan fingerprint density at radius 1 is 1.29 bits per heavy atom. The van der Waals surface area contributed by atoms with Crippen molar-refractivity contribution in [3.8, 4) is 0 Å². The van der Waals surface area contributed by atoms with Crippen molar-refractivity contribution in [1.29, 1.82) is 0 Å². The molecule has 0 radical (unpaired) electrons. The molecule has 0 aliphatic carbocycles. The second-order valence-corrected chi connectivity index (χ2v) is 5.02. The Hall–Kier alpha value is -0.560. The van der Waals surface area contributed by atoms with Gasteiger partial charge in [0.1, 0.15) is 0 Å². The Bertz CT molecular complexity index is 421. The molecule has 2 nitrogen and oxygen atoms in total. The van der Waals surface area contributed by atoms with Gasteiger partial charge in [-0.25, -0.2) is 0 Å². The van der Waals surface area contributed by atoms with Gasteiger partial charge in [-0.3, -0.25) is 4.79 Å². The van der Waals surface area contributed by atoms with Crippen LogP contribution in [-0.4, -0.2) is 18.6 Å². The predicted molar refractivity (Wildman–Crippen MR) is 64.8 cm³/mol. The second kappa shape index (κ2) is 5.86. The van der Waals surface area contributed by atoms with E-state index >= 15 is 0 Å². The summed E-state index contributed by atoms with van der Waals surface area (Å²) in [6.07, 6.45) is -5.30. The van der Waals surface area contributed by atoms with Crippen LogP contribution in [0.4, 0.5) is 13.2 Å². The third-order valence-corrected chi connectivity index (χ3v) is 3.05. The first-order chi connectivity index (χ1) is 7.79. The average molecular weight is 375 g/mol. The number of hydrogen-bond acceptors (Lipinski definition) is 1. The Balaban J connectivity index is 2.61. The molecular formula is C10H8Br2F3NO. The van der Waals surface area contributed by atoms with Crippen LogP contribution >= 0.6 is 31.9 Å². The van der Waals surface area contributed by atoms with Crippen molar-refractivity contribution in [3.05, 3.63) is 32.7 Å². The van der Waals surface area contributed by atoms with Gasteiger partial charge in [0.15, 0.2) is 0 Å². The highest BCUT2D eigenvalue weighted by molar-refractivity contribution is 9.11. The monoisotopic (exact) mass is 373 g/mol. The highest BCUT2D eigenvalue weighted by Gasteiger charge is 2.26. The third kappa shape index (κ3) is 5.08. The molecule has 94 valence electrons. The molecule has 1 rings (SSSR count). The number of benzene rings is 1. The van der Waals surface area contributed by atoms with Crippen LogP contribution in [0.15, 0.2) is 27.1 Å². The highest BCUT2D eigenvalue weighted by atomic mass is 79.9. The largest absolute Gasteiger partial charge is 0.390 e. The van der Waals surface area contributed by atoms with E-state index in [0.717, 1.165) is 0 Å². The molecule has 0 spiro atoms. The van der Waals surface area contributed by atoms with E-state index in [0.29, 0.717) is 14.5 Å². The number of hydrogen-bond donors (Lipinski definition) is 1. The minimum atomic E-state index is -4.26. The molecule has 0 aliphatic heterocycles. The fourth-order valence-corrected chi connectivity index (χ4v) is 1.87. The second-order valence-electron chi connectivity index (χ2n) is 3.25. The van der Waals surface area contributed by atoms with Gasteiger partial charge in [-0.05, 0) is 34.1 Å². The van der Waals surface area contributed by atoms with E-state index in [1.54, 1.807) is 12.1 Å². The van der Waals surface area contributed by atoms with Crippen molar-refractivity contribution >= 4 is 37.8 Å². The van der Waals surface area contributed by atoms with Crippen molar-refractivity contribution in [2.45, 2.75) is 12.6 Å². The highest BCUT2D eigenvalue weighted by Crippen LogP contribution is 2.22. The number of rotatable bonds is 3. The number of halogens is 5. The zero-order valence-electron chi connectivity index (χ0n) is 8.44. The average Bonchev–Trinajstić information content (AvgIpc) is 2.19. The van der Waals surface area contributed by atoms with E-state index in [-0.39, 0.29) is 0 Å². The molecule has 0 unspecified atom stereocenters. The molecule has 1 N–H and O–H groups in total. The molecule has 1 aromatic rings. The lowest BCUT2D eigenvalue weighted by atomic mass is 10.2. The molecule has 0 fully saturated rings. The Morgan fingerprint density at radius 2 is 1.94 bits per heavy atom. The van der Waals surface area contributed by atoms with Crippen LogP contribution in [0.3, 0.4) is 0 Å². The molecule has 0 heterocycles. The predicted octanol–water partition coefficient (Wildman–Crippen LogP) is 3.89. The van der Waals surface area contributed by atoms with Crippen LogP contribution in [0.25, 0.3) is 0 Å². The molecule has 0 atom stereocenters. The van der Waals surface area contributed by atoms with E-state index < -0.39 is 25.0 Å². The number of carbonyl (C=O) groups excluding carboxylic acids is 1. The summed E-state index contributed by atoms with van der Waals surface area (Å²) in [5.41, 5.74) is 0.293. The molecule has 1 aromatic carbocycles. The molecule has 0 bridgehead atoms. The van der Waals surface area contributed by atoms with Crippen LogP contribution in [-0.2, 0) is 0 Å². The number of alkyl halides is 3. The summed E-state index contributed by atoms with van der Waals surface area (Å²) < 4.78 is 36.9. The summed E-state index contributed by atoms with van der Waals surface area (Å²) in [5, 5.41) is 2.21. The maximum absolute atomic E-state index is 11.9. The number of nitrogens with one attached hydrogen (secondary N) is 1. The van der Waals surface area contributed by atoms with Gasteiger partial charge in [0.2, 0.25) is 0 Å². The Morgan fingerprint density at radius 3 is 2.53 bits per heavy atom. The smallest absolute Gasteiger partial charge is 0.352 e. The Labute approximate surface area is 113 Å². The first-order valence-electron chi connectivity index (χ1n) is 4.59. The maximum Gasteiger partial charge on any atom is 0.390 e. The van der Waals surface area contributed by atoms with Crippen LogP contribution in [0.2, 0.25) is 0 Å². The normalized spacial score (nSPS) is 11.4. The first kappa shape index (κ1) is 14.5. The fraction of sp³-hybridized carbons (Fsp3) is 0.300. The zero-order chi connectivity index (χ0) is 13.1. The molecule has 1 amide bonds. The summed E-state index contributed by atoms with van der Waals surface area (Å²) in [5.74, 6) is -0.539. The number of amides is 1. The van der Waals surface area contributed by atoms with Crippen LogP contribution in [0, 0.1) is 0 Å². The zero-order valence-corrected chi connectivity index (χ0v) is 11.6. The first-order valence-corrected chi connectivity index (χ1v) is 6.18. The quantitative estimate of drug-likeness (QED) is 0.854. The van der Waals surface area contributed by atoms with Gasteiger partial charge in [0, 0.05) is 15.5 Å². The summed E-state index contributed by atoms with van der Waals surface area (Å²) in [6, 6.07) is 4.90. The van der Waals surface area contributed by atoms with Crippen molar-refractivity contribution in [2.75, 3.05) is 6.54 Å². The number of carbonyl (C=O) groups is 1. The van der Waals surface area contributed by atoms with Gasteiger partial charge in [0.25, 0.3) is 5.91 Å². The van der Waals surface area contributed by atoms with E-state index in [9.17, 15) is 18.0 Å². The van der Waals surface area contributed by atoms with Gasteiger partial charge >= 0.3 is 6.18 Å². The topological polar surface area (TPSA) is 29.1 Å². The van der Waals surface area contributed by atoms with E-state index in [1.807, 2.05) is 0 Å². The minimum Gasteiger partial charge on any atom is -0.352 e. The van der Waals surface area contributed by atoms with Crippen molar-refractivity contribution in [3.63, 3.8) is 0 Å². The minimum absolute atomic E-state index is 0.293. The molecule has 0 saturated heterocycles. The fourth-order valence-electron chi connectivity index (χ4n) is 1.08. The van der Waals surface area contributed by atoms with Crippen LogP contribution < -0.4 is 5.32 Å². The third-order valence-electron chi connectivity index (χ3n) is 1.87. The molecule has 17 heavy (non-hydrogen) atoms. The molecular weight excluding hydrogens is 367 g/mol. The molecule has 0 aromatic heterocycles. The lowest BCUT2D eigenvalue weighted by Crippen LogP contribution is -2.28. The SMILES string of the molecule is O=C(NCCC(F)(F)F)c1cc(Br)ccc1Br. The van der Waals surface area contributed by atoms with Crippen LogP contribution in [0.1, 0.15) is 16.8 Å². The molecule has 0 aliphatic rings. The van der Waals surface area contributed by atoms with E-state index in [1.165, 1.54) is 6.07 Å². The van der Waals surface area contributed by atoms with Crippen molar-refractivity contribution < 1.29 is 18.0 Å². The lowest BCUT2D eigenvalue weighted by molar-refractivity contribution is -0.132. The standard InChI is InChI=1S/C10H8Br2F3NO/c11-6-1-2-8(12)7(5-6)9(17)16-4-3-10(13,14)15/h1-2,5H,3-4H2,(H,16,17). The van der Waals surface area contributed by atoms with E-state index in [4.69, 9.17) is 0 Å². The molecule has 7 heteroatoms. The van der Waals surface area contributed by atoms with Crippen molar-refractivity contribution in [2.24, 2.45) is 0 Å². The maximum atomic E-state index is 11.9. The molecule has 0 saturated carbocycles. The van der Waals surface area contributed by atoms with E-state index in [2.05, 4.69) is 37.2 Å². The van der Waals surface area contributed by atoms with Gasteiger partial charge in [-0.15, -0.1) is 0 Å².